The van der Waals surface area contributed by atoms with Crippen LogP contribution in [0.2, 0.25) is 0 Å². The maximum absolute atomic E-state index is 14.2. The average Bonchev–Trinajstić information content (AvgIpc) is 3.73. The van der Waals surface area contributed by atoms with Crippen molar-refractivity contribution in [3.63, 3.8) is 0 Å². The minimum Gasteiger partial charge on any atom is -0.459 e. The van der Waals surface area contributed by atoms with E-state index < -0.39 is 28.8 Å². The second kappa shape index (κ2) is 19.2. The van der Waals surface area contributed by atoms with Gasteiger partial charge in [-0.1, -0.05) is 42.3 Å². The molecule has 2 N–H and O–H groups in total. The molecule has 2 heterocycles. The molecule has 0 saturated heterocycles. The third kappa shape index (κ3) is 8.65. The fraction of sp³-hybridized carbons (Fsp3) is 0.467. The van der Waals surface area contributed by atoms with Gasteiger partial charge >= 0.3 is 6.09 Å². The van der Waals surface area contributed by atoms with Gasteiger partial charge in [-0.15, -0.1) is 6.58 Å². The topological polar surface area (TPSA) is 181 Å². The Morgan fingerprint density at radius 3 is 2.53 bits per heavy atom. The molecule has 6 unspecified atom stereocenters. The largest absolute Gasteiger partial charge is 0.459 e. The molecule has 1 fully saturated rings. The standard InChI is InChI=1S/C45H53N3O12/c1-4-21-57-45-41(47(44(51)54-3)27-29-15-17-39-40(22-29)56-28-55-39)26-37(46-58-5-2)35-23-30(11-6-8-19-49)34(14-7-9-20-50)42(43(35)45)36-25-33(16-18-38(36)60-45)59-32-13-10-12-31(24-32)48(52)53/h4,10,12-13,15-18,22-25,30,34,41-43,49-50H,1,5-9,11,14,19-21,26-28H2,2-3H3. The number of carbonyl (C=O) groups is 1. The first-order valence-electron chi connectivity index (χ1n) is 20.6. The van der Waals surface area contributed by atoms with Crippen LogP contribution < -0.4 is 18.9 Å². The molecule has 6 atom stereocenters. The monoisotopic (exact) mass is 827 g/mol. The van der Waals surface area contributed by atoms with E-state index in [4.69, 9.17) is 38.4 Å². The zero-order chi connectivity index (χ0) is 42.2. The zero-order valence-corrected chi connectivity index (χ0v) is 34.0. The molecule has 60 heavy (non-hydrogen) atoms. The Hall–Kier alpha value is -5.64. The van der Waals surface area contributed by atoms with E-state index in [0.717, 1.165) is 42.4 Å². The summed E-state index contributed by atoms with van der Waals surface area (Å²) < 4.78 is 37.3. The second-order valence-electron chi connectivity index (χ2n) is 15.3. The van der Waals surface area contributed by atoms with Gasteiger partial charge in [-0.25, -0.2) is 4.79 Å². The maximum Gasteiger partial charge on any atom is 0.410 e. The lowest BCUT2D eigenvalue weighted by Gasteiger charge is -2.59. The van der Waals surface area contributed by atoms with Crippen LogP contribution in [0, 0.1) is 27.9 Å². The Balaban J connectivity index is 1.43. The molecule has 0 radical (unpaired) electrons. The highest BCUT2D eigenvalue weighted by atomic mass is 16.7. The van der Waals surface area contributed by atoms with Gasteiger partial charge < -0.3 is 43.5 Å². The summed E-state index contributed by atoms with van der Waals surface area (Å²) >= 11 is 0. The molecule has 320 valence electrons. The summed E-state index contributed by atoms with van der Waals surface area (Å²) in [6.45, 7) is 6.56. The number of amides is 1. The summed E-state index contributed by atoms with van der Waals surface area (Å²) in [5.41, 5.74) is 3.03. The third-order valence-electron chi connectivity index (χ3n) is 11.8. The van der Waals surface area contributed by atoms with Gasteiger partial charge in [0.05, 0.1) is 36.3 Å². The van der Waals surface area contributed by atoms with Crippen LogP contribution in [0.15, 0.2) is 90.1 Å². The molecule has 0 aromatic heterocycles. The number of benzene rings is 3. The fourth-order valence-electron chi connectivity index (χ4n) is 9.31. The van der Waals surface area contributed by atoms with E-state index in [0.29, 0.717) is 53.9 Å². The number of nitro groups is 1. The van der Waals surface area contributed by atoms with E-state index in [1.165, 1.54) is 19.2 Å². The SMILES string of the molecule is C=CCOC12Oc3ccc(Oc4cccc([N+](=O)[O-])c4)cc3C3C(CCCCO)C(CCCCO)C=C(C(=NOCC)CC1N(Cc1ccc4c(c1)OCO4)C(=O)OC)C32. The molecule has 4 aliphatic rings. The lowest BCUT2D eigenvalue weighted by Crippen LogP contribution is -2.70. The quantitative estimate of drug-likeness (QED) is 0.0515. The van der Waals surface area contributed by atoms with E-state index in [9.17, 15) is 25.1 Å². The van der Waals surface area contributed by atoms with Crippen molar-refractivity contribution in [2.45, 2.75) is 76.2 Å². The third-order valence-corrected chi connectivity index (χ3v) is 11.8. The van der Waals surface area contributed by atoms with Crippen molar-refractivity contribution < 1.29 is 53.2 Å². The Morgan fingerprint density at radius 1 is 1.02 bits per heavy atom. The number of methoxy groups -OCH3 is 1. The zero-order valence-electron chi connectivity index (χ0n) is 34.0. The van der Waals surface area contributed by atoms with Crippen molar-refractivity contribution in [1.29, 1.82) is 0 Å². The summed E-state index contributed by atoms with van der Waals surface area (Å²) in [4.78, 5) is 32.8. The molecule has 2 aliphatic heterocycles. The summed E-state index contributed by atoms with van der Waals surface area (Å²) in [5, 5.41) is 36.1. The fourth-order valence-corrected chi connectivity index (χ4v) is 9.31. The van der Waals surface area contributed by atoms with Crippen molar-refractivity contribution in [1.82, 2.24) is 4.90 Å². The Morgan fingerprint density at radius 2 is 1.78 bits per heavy atom. The average molecular weight is 828 g/mol. The van der Waals surface area contributed by atoms with Gasteiger partial charge in [0.1, 0.15) is 29.9 Å². The van der Waals surface area contributed by atoms with Crippen LogP contribution in [0.3, 0.4) is 0 Å². The van der Waals surface area contributed by atoms with Crippen molar-refractivity contribution in [2.75, 3.05) is 40.3 Å². The lowest BCUT2D eigenvalue weighted by molar-refractivity contribution is -0.384. The summed E-state index contributed by atoms with van der Waals surface area (Å²) in [6.07, 6.45) is 7.79. The first-order valence-corrected chi connectivity index (χ1v) is 20.6. The molecule has 0 spiro atoms. The first-order chi connectivity index (χ1) is 29.2. The van der Waals surface area contributed by atoms with Crippen molar-refractivity contribution in [3.05, 3.63) is 106 Å². The number of oxime groups is 1. The molecular formula is C45H53N3O12. The van der Waals surface area contributed by atoms with E-state index in [-0.39, 0.29) is 63.0 Å². The smallest absolute Gasteiger partial charge is 0.410 e. The number of unbranched alkanes of at least 4 members (excludes halogenated alkanes) is 2. The number of ether oxygens (including phenoxy) is 6. The van der Waals surface area contributed by atoms with Crippen molar-refractivity contribution in [2.24, 2.45) is 22.9 Å². The molecular weight excluding hydrogens is 775 g/mol. The van der Waals surface area contributed by atoms with Gasteiger partial charge in [0, 0.05) is 43.7 Å². The summed E-state index contributed by atoms with van der Waals surface area (Å²) in [5.74, 6) is 0.0587. The van der Waals surface area contributed by atoms with Crippen molar-refractivity contribution >= 4 is 17.5 Å². The maximum atomic E-state index is 14.2. The van der Waals surface area contributed by atoms with E-state index in [1.807, 2.05) is 37.3 Å². The summed E-state index contributed by atoms with van der Waals surface area (Å²) in [7, 11) is 1.34. The molecule has 1 amide bonds. The first kappa shape index (κ1) is 42.5. The Labute approximate surface area is 349 Å². The molecule has 2 aliphatic carbocycles. The number of carbonyl (C=O) groups excluding carboxylic acids is 1. The number of fused-ring (bicyclic) bond motifs is 3. The van der Waals surface area contributed by atoms with Gasteiger partial charge in [0.15, 0.2) is 11.5 Å². The Bertz CT molecular complexity index is 2090. The van der Waals surface area contributed by atoms with Gasteiger partial charge in [0.2, 0.25) is 12.6 Å². The normalized spacial score (nSPS) is 24.0. The number of rotatable bonds is 19. The highest BCUT2D eigenvalue weighted by Gasteiger charge is 2.65. The van der Waals surface area contributed by atoms with Crippen LogP contribution in [0.4, 0.5) is 10.5 Å². The molecule has 0 bridgehead atoms. The Kier molecular flexibility index (Phi) is 13.6. The van der Waals surface area contributed by atoms with Crippen LogP contribution in [0.1, 0.15) is 68.9 Å². The highest BCUT2D eigenvalue weighted by molar-refractivity contribution is 6.03. The highest BCUT2D eigenvalue weighted by Crippen LogP contribution is 2.62. The molecule has 7 rings (SSSR count). The van der Waals surface area contributed by atoms with Crippen LogP contribution in [-0.4, -0.2) is 84.0 Å². The van der Waals surface area contributed by atoms with E-state index in [1.54, 1.807) is 29.2 Å². The molecule has 3 aromatic rings. The lowest BCUT2D eigenvalue weighted by atomic mass is 9.55. The van der Waals surface area contributed by atoms with Gasteiger partial charge in [-0.05, 0) is 92.0 Å². The second-order valence-corrected chi connectivity index (χ2v) is 15.3. The van der Waals surface area contributed by atoms with Gasteiger partial charge in [0.25, 0.3) is 5.69 Å². The van der Waals surface area contributed by atoms with E-state index >= 15 is 0 Å². The molecule has 15 heteroatoms. The summed E-state index contributed by atoms with van der Waals surface area (Å²) in [6, 6.07) is 16.2. The number of hydrogen-bond donors (Lipinski definition) is 2. The number of aliphatic hydroxyl groups is 2. The number of hydrogen-bond acceptors (Lipinski definition) is 13. The van der Waals surface area contributed by atoms with Gasteiger partial charge in [-0.3, -0.25) is 15.0 Å². The van der Waals surface area contributed by atoms with Crippen molar-refractivity contribution in [3.8, 4) is 28.7 Å². The predicted molar refractivity (Wildman–Crippen MR) is 220 cm³/mol. The number of allylic oxidation sites excluding steroid dienone is 1. The number of nitrogens with zero attached hydrogens (tertiary/aromatic N) is 3. The minimum absolute atomic E-state index is 0.0182. The van der Waals surface area contributed by atoms with E-state index in [2.05, 4.69) is 12.7 Å². The van der Waals surface area contributed by atoms with Crippen LogP contribution in [0.25, 0.3) is 0 Å². The van der Waals surface area contributed by atoms with Gasteiger partial charge in [-0.2, -0.15) is 0 Å². The molecule has 3 aromatic carbocycles. The predicted octanol–water partition coefficient (Wildman–Crippen LogP) is 8.04. The molecule has 15 nitrogen and oxygen atoms in total. The van der Waals surface area contributed by atoms with Crippen LogP contribution in [0.5, 0.6) is 28.7 Å². The van der Waals surface area contributed by atoms with Crippen LogP contribution >= 0.6 is 0 Å². The number of aliphatic hydroxyl groups excluding tert-OH is 2. The molecule has 1 saturated carbocycles. The minimum atomic E-state index is -1.51. The number of non-ortho nitro benzene ring substituents is 1. The number of nitro benzene ring substituents is 1. The van der Waals surface area contributed by atoms with Crippen LogP contribution in [-0.2, 0) is 20.9 Å².